The average molecular weight is 381 g/mol. The molecule has 0 amide bonds. The Bertz CT molecular complexity index is 1160. The number of nitrogens with zero attached hydrogens (tertiary/aromatic N) is 3. The Kier molecular flexibility index (Phi) is 4.41. The normalized spacial score (nSPS) is 11.7. The summed E-state index contributed by atoms with van der Waals surface area (Å²) in [6, 6.07) is 15.4. The molecular weight excluding hydrogens is 362 g/mol. The molecule has 0 radical (unpaired) electrons. The van der Waals surface area contributed by atoms with E-state index in [1.54, 1.807) is 12.1 Å². The Morgan fingerprint density at radius 2 is 1.85 bits per heavy atom. The third-order valence-corrected chi connectivity index (χ3v) is 5.79. The Labute approximate surface area is 157 Å². The van der Waals surface area contributed by atoms with Crippen LogP contribution in [0, 0.1) is 0 Å². The minimum atomic E-state index is -3.64. The number of imidazole rings is 2. The Morgan fingerprint density at radius 1 is 1.07 bits per heavy atom. The highest BCUT2D eigenvalue weighted by Crippen LogP contribution is 2.18. The number of benzene rings is 2. The number of fused-ring (bicyclic) bond motifs is 1. The van der Waals surface area contributed by atoms with E-state index in [0.29, 0.717) is 5.69 Å². The van der Waals surface area contributed by atoms with Crippen LogP contribution < -0.4 is 4.72 Å². The topological polar surface area (TPSA) is 92.7 Å². The summed E-state index contributed by atoms with van der Waals surface area (Å²) in [6.07, 6.45) is 4.24. The van der Waals surface area contributed by atoms with Gasteiger partial charge >= 0.3 is 0 Å². The summed E-state index contributed by atoms with van der Waals surface area (Å²) >= 11 is 0. The van der Waals surface area contributed by atoms with Crippen LogP contribution in [0.15, 0.2) is 66.1 Å². The lowest BCUT2D eigenvalue weighted by molar-refractivity contribution is 0.598. The summed E-state index contributed by atoms with van der Waals surface area (Å²) in [7, 11) is -1.61. The lowest BCUT2D eigenvalue weighted by Crippen LogP contribution is -2.13. The summed E-state index contributed by atoms with van der Waals surface area (Å²) in [4.78, 5) is 11.0. The first-order chi connectivity index (χ1) is 13.0. The largest absolute Gasteiger partial charge is 0.334 e. The Hall–Kier alpha value is -3.13. The maximum Gasteiger partial charge on any atom is 0.278 e. The van der Waals surface area contributed by atoms with Gasteiger partial charge in [-0.3, -0.25) is 4.72 Å². The van der Waals surface area contributed by atoms with Crippen molar-refractivity contribution < 1.29 is 8.42 Å². The van der Waals surface area contributed by atoms with Crippen LogP contribution in [0.4, 0.5) is 5.69 Å². The molecule has 2 heterocycles. The maximum absolute atomic E-state index is 12.2. The number of rotatable bonds is 6. The van der Waals surface area contributed by atoms with Crippen molar-refractivity contribution in [2.24, 2.45) is 7.05 Å². The number of para-hydroxylation sites is 2. The van der Waals surface area contributed by atoms with E-state index in [1.165, 1.54) is 12.5 Å². The molecule has 4 aromatic rings. The number of aromatic amines is 1. The van der Waals surface area contributed by atoms with Crippen LogP contribution in [0.25, 0.3) is 11.0 Å². The van der Waals surface area contributed by atoms with Crippen molar-refractivity contribution in [1.29, 1.82) is 0 Å². The van der Waals surface area contributed by atoms with Crippen LogP contribution in [0.5, 0.6) is 0 Å². The molecule has 2 aromatic heterocycles. The van der Waals surface area contributed by atoms with Crippen molar-refractivity contribution in [3.63, 3.8) is 0 Å². The van der Waals surface area contributed by atoms with Gasteiger partial charge in [-0.2, -0.15) is 8.42 Å². The van der Waals surface area contributed by atoms with Gasteiger partial charge in [-0.15, -0.1) is 0 Å². The van der Waals surface area contributed by atoms with Crippen molar-refractivity contribution in [3.05, 3.63) is 72.4 Å². The Balaban J connectivity index is 1.44. The van der Waals surface area contributed by atoms with E-state index >= 15 is 0 Å². The van der Waals surface area contributed by atoms with Crippen LogP contribution in [-0.4, -0.2) is 27.9 Å². The zero-order valence-electron chi connectivity index (χ0n) is 14.8. The SMILES string of the molecule is Cn1c(CCc2ccc(NS(=O)(=O)c3cnc[nH]3)cc2)nc2ccccc21. The quantitative estimate of drug-likeness (QED) is 0.537. The number of hydrogen-bond acceptors (Lipinski definition) is 4. The molecular formula is C19H19N5O2S. The van der Waals surface area contributed by atoms with Gasteiger partial charge in [0.05, 0.1) is 23.6 Å². The number of sulfonamides is 1. The molecule has 0 atom stereocenters. The van der Waals surface area contributed by atoms with Gasteiger partial charge in [0, 0.05) is 19.2 Å². The third kappa shape index (κ3) is 3.56. The molecule has 0 saturated carbocycles. The smallest absolute Gasteiger partial charge is 0.278 e. The first-order valence-electron chi connectivity index (χ1n) is 8.53. The zero-order valence-corrected chi connectivity index (χ0v) is 15.6. The molecule has 0 fully saturated rings. The Morgan fingerprint density at radius 3 is 2.56 bits per heavy atom. The summed E-state index contributed by atoms with van der Waals surface area (Å²) in [5.74, 6) is 1.03. The number of hydrogen-bond donors (Lipinski definition) is 2. The first kappa shape index (κ1) is 17.3. The second-order valence-corrected chi connectivity index (χ2v) is 7.94. The highest BCUT2D eigenvalue weighted by molar-refractivity contribution is 7.92. The summed E-state index contributed by atoms with van der Waals surface area (Å²) in [5, 5.41) is 0.0356. The van der Waals surface area contributed by atoms with Crippen molar-refractivity contribution in [3.8, 4) is 0 Å². The fourth-order valence-electron chi connectivity index (χ4n) is 3.01. The molecule has 0 saturated heterocycles. The van der Waals surface area contributed by atoms with Crippen molar-refractivity contribution in [2.45, 2.75) is 17.9 Å². The molecule has 7 nitrogen and oxygen atoms in total. The van der Waals surface area contributed by atoms with Crippen LogP contribution >= 0.6 is 0 Å². The van der Waals surface area contributed by atoms with Crippen molar-refractivity contribution in [2.75, 3.05) is 4.72 Å². The van der Waals surface area contributed by atoms with Gasteiger partial charge in [0.15, 0.2) is 5.03 Å². The number of aromatic nitrogens is 4. The number of anilines is 1. The van der Waals surface area contributed by atoms with Gasteiger partial charge < -0.3 is 9.55 Å². The molecule has 0 spiro atoms. The number of aryl methyl sites for hydroxylation is 3. The lowest BCUT2D eigenvalue weighted by Gasteiger charge is -2.07. The fourth-order valence-corrected chi connectivity index (χ4v) is 3.98. The molecule has 27 heavy (non-hydrogen) atoms. The van der Waals surface area contributed by atoms with E-state index in [1.807, 2.05) is 37.4 Å². The van der Waals surface area contributed by atoms with Crippen LogP contribution in [0.3, 0.4) is 0 Å². The highest BCUT2D eigenvalue weighted by Gasteiger charge is 2.15. The van der Waals surface area contributed by atoms with E-state index in [2.05, 4.69) is 30.3 Å². The lowest BCUT2D eigenvalue weighted by atomic mass is 10.1. The molecule has 0 aliphatic carbocycles. The average Bonchev–Trinajstić information content (AvgIpc) is 3.31. The standard InChI is InChI=1S/C19H19N5O2S/c1-24-17-5-3-2-4-16(17)22-18(24)11-8-14-6-9-15(10-7-14)23-27(25,26)19-12-20-13-21-19/h2-7,9-10,12-13,23H,8,11H2,1H3,(H,20,21). The van der Waals surface area contributed by atoms with E-state index in [9.17, 15) is 8.42 Å². The second-order valence-electron chi connectivity index (χ2n) is 6.29. The van der Waals surface area contributed by atoms with Crippen molar-refractivity contribution >= 4 is 26.7 Å². The zero-order chi connectivity index (χ0) is 18.9. The molecule has 0 unspecified atom stereocenters. The van der Waals surface area contributed by atoms with E-state index in [-0.39, 0.29) is 5.03 Å². The molecule has 0 aliphatic rings. The summed E-state index contributed by atoms with van der Waals surface area (Å²) < 4.78 is 29.0. The van der Waals surface area contributed by atoms with Gasteiger partial charge in [-0.05, 0) is 36.2 Å². The number of H-pyrrole nitrogens is 1. The van der Waals surface area contributed by atoms with Crippen LogP contribution in [0.1, 0.15) is 11.4 Å². The minimum absolute atomic E-state index is 0.0356. The second kappa shape index (κ2) is 6.88. The summed E-state index contributed by atoms with van der Waals surface area (Å²) in [5.41, 5.74) is 3.75. The molecule has 4 rings (SSSR count). The predicted octanol–water partition coefficient (Wildman–Crippen LogP) is 2.88. The van der Waals surface area contributed by atoms with E-state index in [0.717, 1.165) is 35.3 Å². The van der Waals surface area contributed by atoms with Crippen molar-refractivity contribution in [1.82, 2.24) is 19.5 Å². The monoisotopic (exact) mass is 381 g/mol. The highest BCUT2D eigenvalue weighted by atomic mass is 32.2. The molecule has 0 bridgehead atoms. The molecule has 8 heteroatoms. The van der Waals surface area contributed by atoms with Gasteiger partial charge in [-0.1, -0.05) is 24.3 Å². The molecule has 138 valence electrons. The van der Waals surface area contributed by atoms with Crippen LogP contribution in [-0.2, 0) is 29.9 Å². The van der Waals surface area contributed by atoms with E-state index < -0.39 is 10.0 Å². The van der Waals surface area contributed by atoms with Gasteiger partial charge in [-0.25, -0.2) is 9.97 Å². The first-order valence-corrected chi connectivity index (χ1v) is 10.0. The third-order valence-electron chi connectivity index (χ3n) is 4.49. The maximum atomic E-state index is 12.2. The molecule has 0 aliphatic heterocycles. The van der Waals surface area contributed by atoms with Crippen LogP contribution in [0.2, 0.25) is 0 Å². The van der Waals surface area contributed by atoms with Gasteiger partial charge in [0.1, 0.15) is 5.82 Å². The van der Waals surface area contributed by atoms with Gasteiger partial charge in [0.2, 0.25) is 0 Å². The number of nitrogens with one attached hydrogen (secondary N) is 2. The van der Waals surface area contributed by atoms with Gasteiger partial charge in [0.25, 0.3) is 10.0 Å². The fraction of sp³-hybridized carbons (Fsp3) is 0.158. The molecule has 2 aromatic carbocycles. The predicted molar refractivity (Wildman–Crippen MR) is 104 cm³/mol. The minimum Gasteiger partial charge on any atom is -0.334 e. The molecule has 2 N–H and O–H groups in total. The van der Waals surface area contributed by atoms with E-state index in [4.69, 9.17) is 0 Å². The summed E-state index contributed by atoms with van der Waals surface area (Å²) in [6.45, 7) is 0.